The van der Waals surface area contributed by atoms with Crippen molar-refractivity contribution in [3.05, 3.63) is 243 Å². The number of hydrogen-bond donors (Lipinski definition) is 0. The lowest BCUT2D eigenvalue weighted by Crippen LogP contribution is -1.94. The average Bonchev–Trinajstić information content (AvgIpc) is 3.91. The van der Waals surface area contributed by atoms with Crippen LogP contribution in [0, 0.1) is 0 Å². The minimum atomic E-state index is 1.21. The lowest BCUT2D eigenvalue weighted by Gasteiger charge is -2.21. The van der Waals surface area contributed by atoms with Gasteiger partial charge in [-0.3, -0.25) is 0 Å². The summed E-state index contributed by atoms with van der Waals surface area (Å²) in [6.45, 7) is 0. The molecule has 0 bridgehead atoms. The van der Waals surface area contributed by atoms with E-state index < -0.39 is 0 Å². The zero-order chi connectivity index (χ0) is 43.3. The first-order valence-corrected chi connectivity index (χ1v) is 23.0. The molecule has 12 aromatic carbocycles. The highest BCUT2D eigenvalue weighted by molar-refractivity contribution is 6.30. The normalized spacial score (nSPS) is 11.9. The molecule has 2 aliphatic carbocycles. The first-order valence-electron chi connectivity index (χ1n) is 23.0. The zero-order valence-corrected chi connectivity index (χ0v) is 36.1. The van der Waals surface area contributed by atoms with Crippen LogP contribution < -0.4 is 0 Å². The molecule has 0 spiro atoms. The number of rotatable bonds is 6. The van der Waals surface area contributed by atoms with Gasteiger partial charge in [-0.25, -0.2) is 0 Å². The zero-order valence-electron chi connectivity index (χ0n) is 36.1. The highest BCUT2D eigenvalue weighted by Gasteiger charge is 2.33. The molecule has 12 aromatic rings. The summed E-state index contributed by atoms with van der Waals surface area (Å²) in [5.74, 6) is 0. The molecule has 0 atom stereocenters. The number of benzene rings is 12. The summed E-state index contributed by atoms with van der Waals surface area (Å²) in [7, 11) is 0. The van der Waals surface area contributed by atoms with E-state index in [4.69, 9.17) is 0 Å². The van der Waals surface area contributed by atoms with Gasteiger partial charge >= 0.3 is 0 Å². The van der Waals surface area contributed by atoms with Crippen LogP contribution in [0.4, 0.5) is 0 Å². The molecule has 2 aliphatic rings. The molecule has 0 saturated carbocycles. The third kappa shape index (κ3) is 5.33. The van der Waals surface area contributed by atoms with Gasteiger partial charge in [0.2, 0.25) is 0 Å². The van der Waals surface area contributed by atoms with Gasteiger partial charge in [0.1, 0.15) is 0 Å². The first-order chi connectivity index (χ1) is 32.8. The van der Waals surface area contributed by atoms with E-state index in [9.17, 15) is 0 Å². The lowest BCUT2D eigenvalue weighted by molar-refractivity contribution is 1.59. The Bertz CT molecular complexity index is 3850. The molecule has 0 heteroatoms. The van der Waals surface area contributed by atoms with Crippen molar-refractivity contribution in [3.8, 4) is 111 Å². The van der Waals surface area contributed by atoms with E-state index >= 15 is 0 Å². The highest BCUT2D eigenvalue weighted by Crippen LogP contribution is 2.60. The Labute approximate surface area is 384 Å². The summed E-state index contributed by atoms with van der Waals surface area (Å²) in [6, 6.07) is 90.2. The van der Waals surface area contributed by atoms with Gasteiger partial charge in [-0.05, 0) is 150 Å². The van der Waals surface area contributed by atoms with Crippen molar-refractivity contribution >= 4 is 32.3 Å². The van der Waals surface area contributed by atoms with Crippen molar-refractivity contribution in [1.29, 1.82) is 0 Å². The molecule has 0 saturated heterocycles. The van der Waals surface area contributed by atoms with Gasteiger partial charge in [0, 0.05) is 0 Å². The topological polar surface area (TPSA) is 0 Å². The standard InChI is InChI=1S/C66H40/c1-6-18-41(19-7-1)47-34-39-57-62-51(47)28-17-31-55(62)65-60(45-26-14-5-15-27-45)58-40-46(32-33-53(58)59(66(57)65)44-24-12-4-13-25-44)48-35-38-56-61-52(48)29-16-30-54(61)63-49(42-20-8-2-9-21-42)36-37-50(64(56)63)43-22-10-3-11-23-43/h1-40H. The van der Waals surface area contributed by atoms with Gasteiger partial charge in [0.25, 0.3) is 0 Å². The maximum absolute atomic E-state index is 2.50. The van der Waals surface area contributed by atoms with E-state index in [0.29, 0.717) is 0 Å². The van der Waals surface area contributed by atoms with E-state index in [2.05, 4.69) is 243 Å². The minimum absolute atomic E-state index is 1.21. The molecule has 0 unspecified atom stereocenters. The predicted molar refractivity (Wildman–Crippen MR) is 280 cm³/mol. The number of hydrogen-bond acceptors (Lipinski definition) is 0. The second-order valence-electron chi connectivity index (χ2n) is 17.8. The van der Waals surface area contributed by atoms with E-state index in [1.54, 1.807) is 0 Å². The Morgan fingerprint density at radius 3 is 0.985 bits per heavy atom. The molecule has 0 nitrogen and oxygen atoms in total. The van der Waals surface area contributed by atoms with Crippen LogP contribution in [-0.2, 0) is 0 Å². The lowest BCUT2D eigenvalue weighted by atomic mass is 9.81. The summed E-state index contributed by atoms with van der Waals surface area (Å²) < 4.78 is 0. The van der Waals surface area contributed by atoms with Crippen LogP contribution in [0.1, 0.15) is 0 Å². The Morgan fingerprint density at radius 2 is 0.500 bits per heavy atom. The highest BCUT2D eigenvalue weighted by atomic mass is 14.3. The molecule has 66 heavy (non-hydrogen) atoms. The van der Waals surface area contributed by atoms with Gasteiger partial charge in [-0.1, -0.05) is 237 Å². The van der Waals surface area contributed by atoms with Crippen molar-refractivity contribution in [1.82, 2.24) is 0 Å². The summed E-state index contributed by atoms with van der Waals surface area (Å²) in [5, 5.41) is 7.73. The maximum atomic E-state index is 2.50. The van der Waals surface area contributed by atoms with Crippen molar-refractivity contribution in [2.24, 2.45) is 0 Å². The Hall–Kier alpha value is -8.58. The van der Waals surface area contributed by atoms with E-state index in [1.165, 1.54) is 144 Å². The second kappa shape index (κ2) is 14.5. The molecule has 0 aromatic heterocycles. The summed E-state index contributed by atoms with van der Waals surface area (Å²) >= 11 is 0. The van der Waals surface area contributed by atoms with E-state index in [1.807, 2.05) is 0 Å². The van der Waals surface area contributed by atoms with E-state index in [-0.39, 0.29) is 0 Å². The predicted octanol–water partition coefficient (Wildman–Crippen LogP) is 18.4. The molecule has 0 fully saturated rings. The van der Waals surface area contributed by atoms with Crippen LogP contribution in [-0.4, -0.2) is 0 Å². The number of fused-ring (bicyclic) bond motifs is 7. The largest absolute Gasteiger partial charge is 0.0622 e. The van der Waals surface area contributed by atoms with Crippen molar-refractivity contribution in [3.63, 3.8) is 0 Å². The van der Waals surface area contributed by atoms with Gasteiger partial charge in [0.15, 0.2) is 0 Å². The summed E-state index contributed by atoms with van der Waals surface area (Å²) in [4.78, 5) is 0. The third-order valence-corrected chi connectivity index (χ3v) is 14.4. The fraction of sp³-hybridized carbons (Fsp3) is 0. The van der Waals surface area contributed by atoms with Gasteiger partial charge in [-0.15, -0.1) is 0 Å². The van der Waals surface area contributed by atoms with Crippen LogP contribution in [0.15, 0.2) is 243 Å². The van der Waals surface area contributed by atoms with Crippen LogP contribution in [0.25, 0.3) is 144 Å². The summed E-state index contributed by atoms with van der Waals surface area (Å²) in [5.41, 5.74) is 25.4. The minimum Gasteiger partial charge on any atom is -0.0622 e. The fourth-order valence-corrected chi connectivity index (χ4v) is 11.7. The summed E-state index contributed by atoms with van der Waals surface area (Å²) in [6.07, 6.45) is 0. The monoisotopic (exact) mass is 832 g/mol. The SMILES string of the molecule is c1ccc(-c2ccc(-c3ccccc3)c3c2-c2cccc4c(-c5ccc6c(-c7ccccc7)c7c(c(-c8ccccc8)c6c5)-c5cccc6c(-c8ccccc8)ccc-7c56)ccc-3c24)cc1. The van der Waals surface area contributed by atoms with Crippen LogP contribution in [0.2, 0.25) is 0 Å². The van der Waals surface area contributed by atoms with Crippen molar-refractivity contribution < 1.29 is 0 Å². The Balaban J connectivity index is 1.06. The van der Waals surface area contributed by atoms with E-state index in [0.717, 1.165) is 0 Å². The van der Waals surface area contributed by atoms with Crippen molar-refractivity contribution in [2.45, 2.75) is 0 Å². The average molecular weight is 833 g/mol. The quantitative estimate of drug-likeness (QED) is 0.157. The smallest absolute Gasteiger partial charge is 0.000741 e. The molecule has 0 aliphatic heterocycles. The Kier molecular flexibility index (Phi) is 8.08. The molecule has 0 N–H and O–H groups in total. The van der Waals surface area contributed by atoms with Gasteiger partial charge < -0.3 is 0 Å². The third-order valence-electron chi connectivity index (χ3n) is 14.4. The molecule has 0 radical (unpaired) electrons. The fourth-order valence-electron chi connectivity index (χ4n) is 11.7. The van der Waals surface area contributed by atoms with Crippen molar-refractivity contribution in [2.75, 3.05) is 0 Å². The molecule has 304 valence electrons. The first kappa shape index (κ1) is 36.9. The van der Waals surface area contributed by atoms with Crippen LogP contribution in [0.5, 0.6) is 0 Å². The van der Waals surface area contributed by atoms with Gasteiger partial charge in [0.05, 0.1) is 0 Å². The molecule has 0 heterocycles. The maximum Gasteiger partial charge on any atom is -0.000741 e. The van der Waals surface area contributed by atoms with Crippen LogP contribution in [0.3, 0.4) is 0 Å². The molecule has 14 rings (SSSR count). The van der Waals surface area contributed by atoms with Crippen LogP contribution >= 0.6 is 0 Å². The Morgan fingerprint density at radius 1 is 0.152 bits per heavy atom. The molecular weight excluding hydrogens is 793 g/mol. The molecular formula is C66H40. The van der Waals surface area contributed by atoms with Gasteiger partial charge in [-0.2, -0.15) is 0 Å². The second-order valence-corrected chi connectivity index (χ2v) is 17.8. The molecule has 0 amide bonds.